The summed E-state index contributed by atoms with van der Waals surface area (Å²) >= 11 is 0. The number of morpholine rings is 1. The summed E-state index contributed by atoms with van der Waals surface area (Å²) in [4.78, 5) is 31.0. The summed E-state index contributed by atoms with van der Waals surface area (Å²) in [7, 11) is 0. The van der Waals surface area contributed by atoms with Crippen LogP contribution in [0.5, 0.6) is 0 Å². The second-order valence-electron chi connectivity index (χ2n) is 7.43. The highest BCUT2D eigenvalue weighted by molar-refractivity contribution is 5.75. The maximum absolute atomic E-state index is 12.2. The average molecular weight is 384 g/mol. The van der Waals surface area contributed by atoms with E-state index in [1.165, 1.54) is 5.69 Å². The van der Waals surface area contributed by atoms with Crippen molar-refractivity contribution in [3.8, 4) is 0 Å². The molecule has 28 heavy (non-hydrogen) atoms. The molecular weight excluding hydrogens is 356 g/mol. The Hall–Kier alpha value is -2.38. The fourth-order valence-corrected chi connectivity index (χ4v) is 4.01. The molecule has 0 spiro atoms. The fraction of sp³-hybridized carbons (Fsp3) is 0.524. The van der Waals surface area contributed by atoms with Crippen LogP contribution in [-0.2, 0) is 4.74 Å². The Labute approximate surface area is 165 Å². The van der Waals surface area contributed by atoms with Crippen LogP contribution in [0.1, 0.15) is 6.42 Å². The first kappa shape index (κ1) is 19.0. The molecule has 0 amide bonds. The van der Waals surface area contributed by atoms with Gasteiger partial charge in [0.2, 0.25) is 0 Å². The summed E-state index contributed by atoms with van der Waals surface area (Å²) in [5.74, 6) is 0. The lowest BCUT2D eigenvalue weighted by Crippen LogP contribution is -2.51. The van der Waals surface area contributed by atoms with E-state index in [2.05, 4.69) is 32.1 Å². The van der Waals surface area contributed by atoms with E-state index in [4.69, 9.17) is 4.74 Å². The Morgan fingerprint density at radius 2 is 1.54 bits per heavy atom. The highest BCUT2D eigenvalue weighted by Gasteiger charge is 2.28. The molecule has 150 valence electrons. The first-order chi connectivity index (χ1) is 13.7. The minimum Gasteiger partial charge on any atom is -0.380 e. The number of nitrogens with one attached hydrogen (secondary N) is 1. The summed E-state index contributed by atoms with van der Waals surface area (Å²) in [6.45, 7) is 8.42. The number of nitrogens with zero attached hydrogens (tertiary/aromatic N) is 3. The standard InChI is InChI=1S/C21H28N4O3/c26-20-18(22-7-4-8-23-13-15-28-16-14-23)19(21(20)27)25-11-9-24(10-12-25)17-5-2-1-3-6-17/h1-3,5-6,22H,4,7-16H2. The molecule has 0 aliphatic carbocycles. The third-order valence-electron chi connectivity index (χ3n) is 5.66. The first-order valence-electron chi connectivity index (χ1n) is 10.2. The van der Waals surface area contributed by atoms with Crippen molar-refractivity contribution in [3.63, 3.8) is 0 Å². The molecule has 0 saturated carbocycles. The average Bonchev–Trinajstić information content (AvgIpc) is 2.77. The van der Waals surface area contributed by atoms with Crippen molar-refractivity contribution in [1.82, 2.24) is 4.90 Å². The summed E-state index contributed by atoms with van der Waals surface area (Å²) in [6, 6.07) is 10.3. The molecule has 2 aliphatic rings. The maximum atomic E-state index is 12.2. The van der Waals surface area contributed by atoms with Crippen LogP contribution in [0.3, 0.4) is 0 Å². The van der Waals surface area contributed by atoms with Crippen LogP contribution >= 0.6 is 0 Å². The minimum atomic E-state index is -0.369. The van der Waals surface area contributed by atoms with Crippen LogP contribution in [0.2, 0.25) is 0 Å². The molecule has 2 aromatic rings. The van der Waals surface area contributed by atoms with Crippen molar-refractivity contribution in [2.24, 2.45) is 0 Å². The zero-order valence-corrected chi connectivity index (χ0v) is 16.2. The molecular formula is C21H28N4O3. The smallest absolute Gasteiger partial charge is 0.253 e. The second-order valence-corrected chi connectivity index (χ2v) is 7.43. The number of anilines is 3. The highest BCUT2D eigenvalue weighted by Crippen LogP contribution is 2.23. The SMILES string of the molecule is O=c1c(NCCCN2CCOCC2)c(N2CCN(c3ccccc3)CC2)c1=O. The van der Waals surface area contributed by atoms with E-state index in [0.717, 1.165) is 65.4 Å². The van der Waals surface area contributed by atoms with E-state index in [-0.39, 0.29) is 10.9 Å². The molecule has 0 bridgehead atoms. The number of benzene rings is 1. The van der Waals surface area contributed by atoms with E-state index in [9.17, 15) is 9.59 Å². The van der Waals surface area contributed by atoms with Crippen molar-refractivity contribution >= 4 is 17.1 Å². The molecule has 7 heteroatoms. The Kier molecular flexibility index (Phi) is 5.92. The summed E-state index contributed by atoms with van der Waals surface area (Å²) < 4.78 is 5.36. The zero-order valence-electron chi connectivity index (χ0n) is 16.2. The topological polar surface area (TPSA) is 65.1 Å². The molecule has 2 heterocycles. The number of para-hydroxylation sites is 1. The fourth-order valence-electron chi connectivity index (χ4n) is 4.01. The predicted molar refractivity (Wildman–Crippen MR) is 113 cm³/mol. The molecule has 0 atom stereocenters. The summed E-state index contributed by atoms with van der Waals surface area (Å²) in [5.41, 5.74) is 1.59. The van der Waals surface area contributed by atoms with Crippen LogP contribution < -0.4 is 26.0 Å². The Morgan fingerprint density at radius 1 is 0.857 bits per heavy atom. The molecule has 7 nitrogen and oxygen atoms in total. The van der Waals surface area contributed by atoms with Gasteiger partial charge < -0.3 is 19.9 Å². The normalized spacial score (nSPS) is 18.6. The molecule has 0 radical (unpaired) electrons. The number of ether oxygens (including phenoxy) is 1. The molecule has 0 aromatic heterocycles. The van der Waals surface area contributed by atoms with Crippen molar-refractivity contribution < 1.29 is 4.74 Å². The summed E-state index contributed by atoms with van der Waals surface area (Å²) in [6.07, 6.45) is 0.944. The van der Waals surface area contributed by atoms with Gasteiger partial charge in [-0.25, -0.2) is 0 Å². The van der Waals surface area contributed by atoms with Gasteiger partial charge in [-0.3, -0.25) is 14.5 Å². The lowest BCUT2D eigenvalue weighted by atomic mass is 10.1. The van der Waals surface area contributed by atoms with Crippen molar-refractivity contribution in [1.29, 1.82) is 0 Å². The lowest BCUT2D eigenvalue weighted by molar-refractivity contribution is 0.0378. The molecule has 4 rings (SSSR count). The van der Waals surface area contributed by atoms with E-state index in [1.807, 2.05) is 18.2 Å². The van der Waals surface area contributed by atoms with Crippen LogP contribution in [0.4, 0.5) is 17.1 Å². The quantitative estimate of drug-likeness (QED) is 0.558. The monoisotopic (exact) mass is 384 g/mol. The molecule has 2 saturated heterocycles. The number of hydrogen-bond donors (Lipinski definition) is 1. The largest absolute Gasteiger partial charge is 0.380 e. The van der Waals surface area contributed by atoms with Crippen molar-refractivity contribution in [2.75, 3.05) is 80.7 Å². The molecule has 2 fully saturated rings. The van der Waals surface area contributed by atoms with Gasteiger partial charge >= 0.3 is 0 Å². The first-order valence-corrected chi connectivity index (χ1v) is 10.2. The van der Waals surface area contributed by atoms with E-state index >= 15 is 0 Å². The Morgan fingerprint density at radius 3 is 2.25 bits per heavy atom. The van der Waals surface area contributed by atoms with Crippen LogP contribution in [-0.4, -0.2) is 70.5 Å². The molecule has 2 aliphatic heterocycles. The van der Waals surface area contributed by atoms with E-state index < -0.39 is 0 Å². The van der Waals surface area contributed by atoms with Gasteiger partial charge in [-0.2, -0.15) is 0 Å². The molecule has 0 unspecified atom stereocenters. The third kappa shape index (κ3) is 4.05. The van der Waals surface area contributed by atoms with E-state index in [0.29, 0.717) is 17.9 Å². The number of hydrogen-bond acceptors (Lipinski definition) is 7. The van der Waals surface area contributed by atoms with Crippen molar-refractivity contribution in [3.05, 3.63) is 50.8 Å². The van der Waals surface area contributed by atoms with Crippen molar-refractivity contribution in [2.45, 2.75) is 6.42 Å². The van der Waals surface area contributed by atoms with Gasteiger partial charge in [0, 0.05) is 51.5 Å². The van der Waals surface area contributed by atoms with Crippen LogP contribution in [0.25, 0.3) is 0 Å². The summed E-state index contributed by atoms with van der Waals surface area (Å²) in [5, 5.41) is 3.23. The highest BCUT2D eigenvalue weighted by atomic mass is 16.5. The molecule has 2 aromatic carbocycles. The Balaban J connectivity index is 1.29. The van der Waals surface area contributed by atoms with Gasteiger partial charge in [-0.05, 0) is 25.1 Å². The predicted octanol–water partition coefficient (Wildman–Crippen LogP) is 0.743. The zero-order chi connectivity index (χ0) is 19.3. The lowest BCUT2D eigenvalue weighted by Gasteiger charge is -2.38. The van der Waals surface area contributed by atoms with Crippen LogP contribution in [0.15, 0.2) is 39.9 Å². The van der Waals surface area contributed by atoms with Gasteiger partial charge in [0.05, 0.1) is 13.2 Å². The number of rotatable bonds is 7. The van der Waals surface area contributed by atoms with Gasteiger partial charge in [-0.1, -0.05) is 18.2 Å². The second kappa shape index (κ2) is 8.75. The minimum absolute atomic E-state index is 0.344. The Bertz CT molecular complexity index is 833. The van der Waals surface area contributed by atoms with E-state index in [1.54, 1.807) is 0 Å². The third-order valence-corrected chi connectivity index (χ3v) is 5.66. The van der Waals surface area contributed by atoms with Crippen LogP contribution in [0, 0.1) is 0 Å². The van der Waals surface area contributed by atoms with Gasteiger partial charge in [0.15, 0.2) is 0 Å². The number of piperazine rings is 1. The van der Waals surface area contributed by atoms with Gasteiger partial charge in [0.25, 0.3) is 10.9 Å². The maximum Gasteiger partial charge on any atom is 0.253 e. The molecule has 1 N–H and O–H groups in total. The van der Waals surface area contributed by atoms with Gasteiger partial charge in [0.1, 0.15) is 11.4 Å². The van der Waals surface area contributed by atoms with Gasteiger partial charge in [-0.15, -0.1) is 0 Å².